The number of nitrogens with zero attached hydrogens (tertiary/aromatic N) is 2. The minimum Gasteiger partial charge on any atom is -0.338 e. The molecule has 2 heterocycles. The van der Waals surface area contributed by atoms with Crippen LogP contribution in [0.2, 0.25) is 0 Å². The lowest BCUT2D eigenvalue weighted by molar-refractivity contribution is -0.142. The molecule has 0 unspecified atom stereocenters. The zero-order valence-electron chi connectivity index (χ0n) is 11.1. The zero-order valence-corrected chi connectivity index (χ0v) is 11.1. The van der Waals surface area contributed by atoms with E-state index in [2.05, 4.69) is 24.5 Å². The highest BCUT2D eigenvalue weighted by Gasteiger charge is 2.27. The molecule has 6 heteroatoms. The van der Waals surface area contributed by atoms with E-state index >= 15 is 0 Å². The molecule has 0 aromatic carbocycles. The molecule has 0 aliphatic carbocycles. The molecular weight excluding hydrogens is 232 g/mol. The number of rotatable bonds is 2. The molecule has 2 atom stereocenters. The third kappa shape index (κ3) is 3.20. The number of carbonyl (C=O) groups excluding carboxylic acids is 2. The topological polar surface area (TPSA) is 64.7 Å². The van der Waals surface area contributed by atoms with E-state index < -0.39 is 0 Å². The van der Waals surface area contributed by atoms with Crippen LogP contribution in [0.4, 0.5) is 0 Å². The van der Waals surface area contributed by atoms with E-state index in [0.717, 1.165) is 19.6 Å². The van der Waals surface area contributed by atoms with E-state index in [9.17, 15) is 9.59 Å². The van der Waals surface area contributed by atoms with Crippen molar-refractivity contribution < 1.29 is 9.59 Å². The van der Waals surface area contributed by atoms with Gasteiger partial charge in [-0.15, -0.1) is 0 Å². The van der Waals surface area contributed by atoms with Crippen LogP contribution < -0.4 is 10.6 Å². The van der Waals surface area contributed by atoms with Crippen molar-refractivity contribution in [2.45, 2.75) is 25.9 Å². The van der Waals surface area contributed by atoms with Crippen molar-refractivity contribution in [3.05, 3.63) is 0 Å². The van der Waals surface area contributed by atoms with Crippen molar-refractivity contribution in [2.75, 3.05) is 39.3 Å². The van der Waals surface area contributed by atoms with Crippen LogP contribution in [0.25, 0.3) is 0 Å². The number of hydrogen-bond donors (Lipinski definition) is 2. The normalized spacial score (nSPS) is 29.6. The van der Waals surface area contributed by atoms with Gasteiger partial charge in [0.05, 0.1) is 13.1 Å². The zero-order chi connectivity index (χ0) is 13.1. The molecule has 102 valence electrons. The Kier molecular flexibility index (Phi) is 4.19. The van der Waals surface area contributed by atoms with Gasteiger partial charge in [-0.1, -0.05) is 0 Å². The van der Waals surface area contributed by atoms with Crippen LogP contribution in [0, 0.1) is 0 Å². The molecule has 2 N–H and O–H groups in total. The number of hydrogen-bond acceptors (Lipinski definition) is 4. The molecule has 2 aliphatic rings. The number of piperazine rings is 2. The molecule has 2 aliphatic heterocycles. The van der Waals surface area contributed by atoms with Crippen molar-refractivity contribution in [1.29, 1.82) is 0 Å². The highest BCUT2D eigenvalue weighted by Crippen LogP contribution is 2.06. The quantitative estimate of drug-likeness (QED) is 0.638. The molecule has 18 heavy (non-hydrogen) atoms. The fourth-order valence-corrected chi connectivity index (χ4v) is 2.61. The highest BCUT2D eigenvalue weighted by atomic mass is 16.2. The van der Waals surface area contributed by atoms with Crippen molar-refractivity contribution in [3.63, 3.8) is 0 Å². The van der Waals surface area contributed by atoms with Gasteiger partial charge in [0.1, 0.15) is 0 Å². The van der Waals surface area contributed by atoms with Gasteiger partial charge in [-0.3, -0.25) is 9.59 Å². The van der Waals surface area contributed by atoms with Crippen LogP contribution in [-0.4, -0.2) is 73.0 Å². The Hall–Kier alpha value is -1.14. The summed E-state index contributed by atoms with van der Waals surface area (Å²) in [6.45, 7) is 7.57. The molecule has 6 nitrogen and oxygen atoms in total. The Morgan fingerprint density at radius 3 is 2.61 bits per heavy atom. The Morgan fingerprint density at radius 2 is 2.00 bits per heavy atom. The summed E-state index contributed by atoms with van der Waals surface area (Å²) < 4.78 is 0. The predicted molar refractivity (Wildman–Crippen MR) is 68.1 cm³/mol. The molecule has 2 fully saturated rings. The number of carbonyl (C=O) groups is 2. The van der Waals surface area contributed by atoms with Crippen molar-refractivity contribution >= 4 is 11.8 Å². The fourth-order valence-electron chi connectivity index (χ4n) is 2.61. The molecular formula is C12H22N4O2. The van der Waals surface area contributed by atoms with Crippen LogP contribution in [0.1, 0.15) is 13.8 Å². The third-order valence-corrected chi connectivity index (χ3v) is 3.42. The van der Waals surface area contributed by atoms with Gasteiger partial charge < -0.3 is 20.4 Å². The summed E-state index contributed by atoms with van der Waals surface area (Å²) >= 11 is 0. The molecule has 0 spiro atoms. The van der Waals surface area contributed by atoms with Crippen LogP contribution >= 0.6 is 0 Å². The maximum absolute atomic E-state index is 12.2. The van der Waals surface area contributed by atoms with Gasteiger partial charge >= 0.3 is 0 Å². The van der Waals surface area contributed by atoms with E-state index in [-0.39, 0.29) is 18.4 Å². The van der Waals surface area contributed by atoms with Crippen LogP contribution in [0.5, 0.6) is 0 Å². The largest absolute Gasteiger partial charge is 0.338 e. The van der Waals surface area contributed by atoms with E-state index in [0.29, 0.717) is 25.2 Å². The summed E-state index contributed by atoms with van der Waals surface area (Å²) in [6, 6.07) is 0.632. The molecule has 2 rings (SSSR count). The maximum Gasteiger partial charge on any atom is 0.242 e. The lowest BCUT2D eigenvalue weighted by Gasteiger charge is -2.37. The van der Waals surface area contributed by atoms with Gasteiger partial charge in [0.15, 0.2) is 0 Å². The summed E-state index contributed by atoms with van der Waals surface area (Å²) in [5.41, 5.74) is 0. The molecule has 2 saturated heterocycles. The predicted octanol–water partition coefficient (Wildman–Crippen LogP) is -1.37. The van der Waals surface area contributed by atoms with E-state index in [4.69, 9.17) is 0 Å². The average Bonchev–Trinajstić information content (AvgIpc) is 2.31. The smallest absolute Gasteiger partial charge is 0.242 e. The first-order chi connectivity index (χ1) is 8.56. The van der Waals surface area contributed by atoms with E-state index in [1.807, 2.05) is 4.90 Å². The standard InChI is InChI=1S/C12H22N4O2/c1-9-6-16(7-10(2)14-9)12(18)8-15-4-3-13-5-11(15)17/h9-10,13-14H,3-8H2,1-2H3/t9-,10-/m0/s1. The van der Waals surface area contributed by atoms with E-state index in [1.165, 1.54) is 0 Å². The minimum absolute atomic E-state index is 0.0193. The molecule has 0 bridgehead atoms. The summed E-state index contributed by atoms with van der Waals surface area (Å²) in [6.07, 6.45) is 0. The Balaban J connectivity index is 1.88. The Morgan fingerprint density at radius 1 is 1.33 bits per heavy atom. The molecule has 0 aromatic heterocycles. The average molecular weight is 254 g/mol. The maximum atomic E-state index is 12.2. The van der Waals surface area contributed by atoms with Gasteiger partial charge in [0, 0.05) is 38.3 Å². The van der Waals surface area contributed by atoms with E-state index in [1.54, 1.807) is 4.90 Å². The molecule has 2 amide bonds. The lowest BCUT2D eigenvalue weighted by atomic mass is 10.1. The molecule has 0 radical (unpaired) electrons. The van der Waals surface area contributed by atoms with Gasteiger partial charge in [-0.05, 0) is 13.8 Å². The lowest BCUT2D eigenvalue weighted by Crippen LogP contribution is -2.58. The monoisotopic (exact) mass is 254 g/mol. The molecule has 0 saturated carbocycles. The Bertz CT molecular complexity index is 324. The third-order valence-electron chi connectivity index (χ3n) is 3.42. The van der Waals surface area contributed by atoms with Crippen molar-refractivity contribution in [2.24, 2.45) is 0 Å². The fraction of sp³-hybridized carbons (Fsp3) is 0.833. The first-order valence-electron chi connectivity index (χ1n) is 6.58. The second-order valence-corrected chi connectivity index (χ2v) is 5.26. The van der Waals surface area contributed by atoms with Gasteiger partial charge in [0.2, 0.25) is 11.8 Å². The first-order valence-corrected chi connectivity index (χ1v) is 6.58. The second-order valence-electron chi connectivity index (χ2n) is 5.26. The minimum atomic E-state index is 0.0193. The summed E-state index contributed by atoms with van der Waals surface area (Å²) in [5.74, 6) is 0.0799. The summed E-state index contributed by atoms with van der Waals surface area (Å²) in [7, 11) is 0. The second kappa shape index (κ2) is 5.67. The Labute approximate surface area is 108 Å². The van der Waals surface area contributed by atoms with Gasteiger partial charge in [-0.2, -0.15) is 0 Å². The first kappa shape index (κ1) is 13.3. The SMILES string of the molecule is C[C@H]1CN(C(=O)CN2CCNCC2=O)C[C@H](C)N1. The van der Waals surface area contributed by atoms with Crippen LogP contribution in [0.15, 0.2) is 0 Å². The van der Waals surface area contributed by atoms with Gasteiger partial charge in [0.25, 0.3) is 0 Å². The number of nitrogens with one attached hydrogen (secondary N) is 2. The van der Waals surface area contributed by atoms with Gasteiger partial charge in [-0.25, -0.2) is 0 Å². The summed E-state index contributed by atoms with van der Waals surface area (Å²) in [5, 5.41) is 6.40. The highest BCUT2D eigenvalue weighted by molar-refractivity contribution is 5.86. The van der Waals surface area contributed by atoms with Crippen molar-refractivity contribution in [3.8, 4) is 0 Å². The van der Waals surface area contributed by atoms with Crippen LogP contribution in [0.3, 0.4) is 0 Å². The van der Waals surface area contributed by atoms with Crippen molar-refractivity contribution in [1.82, 2.24) is 20.4 Å². The number of amides is 2. The van der Waals surface area contributed by atoms with Crippen LogP contribution in [-0.2, 0) is 9.59 Å². The summed E-state index contributed by atoms with van der Waals surface area (Å²) in [4.78, 5) is 27.3. The molecule has 0 aromatic rings.